The number of carbonyl (C=O) groups excluding carboxylic acids is 1. The van der Waals surface area contributed by atoms with Gasteiger partial charge in [0.05, 0.1) is 5.92 Å². The van der Waals surface area contributed by atoms with Crippen LogP contribution in [-0.4, -0.2) is 44.5 Å². The molecular formula is C17H16FN3O5. The number of hydrogen-bond donors (Lipinski definition) is 2. The summed E-state index contributed by atoms with van der Waals surface area (Å²) in [5.74, 6) is -3.80. The third-order valence-electron chi connectivity index (χ3n) is 4.54. The van der Waals surface area contributed by atoms with Gasteiger partial charge in [-0.05, 0) is 17.7 Å². The number of aliphatic carboxylic acids is 1. The third-order valence-corrected chi connectivity index (χ3v) is 4.54. The maximum Gasteiger partial charge on any atom is 0.328 e. The number of likely N-dealkylation sites (tertiary alicyclic amines) is 1. The van der Waals surface area contributed by atoms with Crippen LogP contribution in [0, 0.1) is 11.7 Å². The first-order valence-corrected chi connectivity index (χ1v) is 7.85. The molecule has 1 aromatic carbocycles. The molecule has 2 aromatic rings. The van der Waals surface area contributed by atoms with Crippen LogP contribution in [0.15, 0.2) is 40.1 Å². The van der Waals surface area contributed by atoms with E-state index in [-0.39, 0.29) is 18.7 Å². The number of nitrogens with zero attached hydrogens (tertiary/aromatic N) is 2. The molecule has 0 bridgehead atoms. The van der Waals surface area contributed by atoms with Crippen LogP contribution in [0.2, 0.25) is 0 Å². The van der Waals surface area contributed by atoms with Crippen LogP contribution in [0.5, 0.6) is 0 Å². The zero-order chi connectivity index (χ0) is 19.0. The van der Waals surface area contributed by atoms with Crippen LogP contribution in [0.4, 0.5) is 4.39 Å². The Balaban J connectivity index is 1.94. The molecule has 1 aliphatic heterocycles. The Morgan fingerprint density at radius 3 is 2.65 bits per heavy atom. The smallest absolute Gasteiger partial charge is 0.328 e. The number of halogens is 1. The van der Waals surface area contributed by atoms with Gasteiger partial charge in [0.2, 0.25) is 0 Å². The van der Waals surface area contributed by atoms with Crippen LogP contribution in [0.1, 0.15) is 21.8 Å². The molecule has 0 saturated carbocycles. The predicted molar refractivity (Wildman–Crippen MR) is 88.5 cm³/mol. The lowest BCUT2D eigenvalue weighted by Gasteiger charge is -2.16. The Morgan fingerprint density at radius 1 is 1.27 bits per heavy atom. The summed E-state index contributed by atoms with van der Waals surface area (Å²) in [6, 6.07) is 5.58. The summed E-state index contributed by atoms with van der Waals surface area (Å²) >= 11 is 0. The average molecular weight is 361 g/mol. The molecule has 8 nitrogen and oxygen atoms in total. The van der Waals surface area contributed by atoms with E-state index in [0.717, 1.165) is 10.8 Å². The first kappa shape index (κ1) is 17.6. The standard InChI is InChI=1S/C17H16FN3O5/c1-20-6-13(14(22)19-17(20)26)15(23)21-7-11(12(8-21)16(24)25)9-3-2-4-10(18)5-9/h2-6,11-12H,7-8H2,1H3,(H,24,25)(H,19,22,26)/t11-,12+/m0/s1. The summed E-state index contributed by atoms with van der Waals surface area (Å²) in [5.41, 5.74) is -1.27. The van der Waals surface area contributed by atoms with E-state index < -0.39 is 40.8 Å². The fourth-order valence-electron chi connectivity index (χ4n) is 3.18. The van der Waals surface area contributed by atoms with Crippen molar-refractivity contribution in [3.8, 4) is 0 Å². The highest BCUT2D eigenvalue weighted by Gasteiger charge is 2.41. The van der Waals surface area contributed by atoms with E-state index in [1.807, 2.05) is 4.98 Å². The van der Waals surface area contributed by atoms with Crippen molar-refractivity contribution >= 4 is 11.9 Å². The first-order chi connectivity index (χ1) is 12.3. The minimum atomic E-state index is -1.11. The van der Waals surface area contributed by atoms with Gasteiger partial charge >= 0.3 is 11.7 Å². The van der Waals surface area contributed by atoms with Crippen molar-refractivity contribution in [2.45, 2.75) is 5.92 Å². The quantitative estimate of drug-likeness (QED) is 0.808. The van der Waals surface area contributed by atoms with Gasteiger partial charge in [0.1, 0.15) is 11.4 Å². The molecule has 3 rings (SSSR count). The highest BCUT2D eigenvalue weighted by Crippen LogP contribution is 2.33. The minimum Gasteiger partial charge on any atom is -0.481 e. The third kappa shape index (κ3) is 3.15. The number of carbonyl (C=O) groups is 2. The highest BCUT2D eigenvalue weighted by molar-refractivity contribution is 5.94. The summed E-state index contributed by atoms with van der Waals surface area (Å²) in [4.78, 5) is 50.9. The largest absolute Gasteiger partial charge is 0.481 e. The SMILES string of the molecule is Cn1cc(C(=O)N2C[C@@H](C(=O)O)[C@H](c3cccc(F)c3)C2)c(=O)[nH]c1=O. The van der Waals surface area contributed by atoms with E-state index in [1.165, 1.54) is 30.1 Å². The molecule has 0 spiro atoms. The van der Waals surface area contributed by atoms with Gasteiger partial charge in [0, 0.05) is 32.3 Å². The lowest BCUT2D eigenvalue weighted by Crippen LogP contribution is -2.38. The number of aryl methyl sites for hydroxylation is 1. The molecule has 1 fully saturated rings. The van der Waals surface area contributed by atoms with Crippen LogP contribution in [0.25, 0.3) is 0 Å². The van der Waals surface area contributed by atoms with Gasteiger partial charge in [-0.15, -0.1) is 0 Å². The molecule has 2 atom stereocenters. The maximum atomic E-state index is 13.5. The molecule has 0 radical (unpaired) electrons. The van der Waals surface area contributed by atoms with Crippen molar-refractivity contribution < 1.29 is 19.1 Å². The Labute approximate surface area is 146 Å². The maximum absolute atomic E-state index is 13.5. The molecule has 1 saturated heterocycles. The first-order valence-electron chi connectivity index (χ1n) is 7.85. The van der Waals surface area contributed by atoms with E-state index >= 15 is 0 Å². The summed E-state index contributed by atoms with van der Waals surface area (Å²) < 4.78 is 14.6. The van der Waals surface area contributed by atoms with E-state index in [2.05, 4.69) is 0 Å². The van der Waals surface area contributed by atoms with E-state index in [9.17, 15) is 28.7 Å². The van der Waals surface area contributed by atoms with E-state index in [0.29, 0.717) is 5.56 Å². The topological polar surface area (TPSA) is 112 Å². The molecule has 0 aliphatic carbocycles. The molecule has 1 amide bonds. The molecule has 9 heteroatoms. The number of aromatic nitrogens is 2. The molecule has 2 N–H and O–H groups in total. The number of aromatic amines is 1. The van der Waals surface area contributed by atoms with Crippen molar-refractivity contribution in [2.24, 2.45) is 13.0 Å². The molecule has 136 valence electrons. The van der Waals surface area contributed by atoms with Gasteiger partial charge < -0.3 is 14.6 Å². The van der Waals surface area contributed by atoms with Gasteiger partial charge in [-0.2, -0.15) is 0 Å². The minimum absolute atomic E-state index is 0.0293. The van der Waals surface area contributed by atoms with E-state index in [4.69, 9.17) is 0 Å². The molecule has 1 aliphatic rings. The van der Waals surface area contributed by atoms with Crippen LogP contribution >= 0.6 is 0 Å². The number of carboxylic acid groups (broad SMARTS) is 1. The second-order valence-electron chi connectivity index (χ2n) is 6.23. The fraction of sp³-hybridized carbons (Fsp3) is 0.294. The predicted octanol–water partition coefficient (Wildman–Crippen LogP) is 0.153. The van der Waals surface area contributed by atoms with Crippen molar-refractivity contribution in [3.05, 3.63) is 68.2 Å². The number of hydrogen-bond acceptors (Lipinski definition) is 4. The van der Waals surface area contributed by atoms with Gasteiger partial charge in [0.25, 0.3) is 11.5 Å². The van der Waals surface area contributed by atoms with Gasteiger partial charge in [-0.25, -0.2) is 9.18 Å². The monoisotopic (exact) mass is 361 g/mol. The molecule has 1 aromatic heterocycles. The molecular weight excluding hydrogens is 345 g/mol. The normalized spacial score (nSPS) is 19.5. The average Bonchev–Trinajstić information content (AvgIpc) is 3.03. The van der Waals surface area contributed by atoms with Crippen LogP contribution in [-0.2, 0) is 11.8 Å². The number of amides is 1. The highest BCUT2D eigenvalue weighted by atomic mass is 19.1. The Morgan fingerprint density at radius 2 is 2.00 bits per heavy atom. The van der Waals surface area contributed by atoms with Gasteiger partial charge in [-0.3, -0.25) is 19.4 Å². The summed E-state index contributed by atoms with van der Waals surface area (Å²) in [7, 11) is 1.38. The Hall–Kier alpha value is -3.23. The second kappa shape index (κ2) is 6.58. The number of carboxylic acids is 1. The lowest BCUT2D eigenvalue weighted by molar-refractivity contribution is -0.141. The molecule has 26 heavy (non-hydrogen) atoms. The number of H-pyrrole nitrogens is 1. The zero-order valence-electron chi connectivity index (χ0n) is 13.8. The Kier molecular flexibility index (Phi) is 4.45. The van der Waals surface area contributed by atoms with Crippen LogP contribution < -0.4 is 11.2 Å². The molecule has 2 heterocycles. The summed E-state index contributed by atoms with van der Waals surface area (Å²) in [5, 5.41) is 9.47. The van der Waals surface area contributed by atoms with Crippen molar-refractivity contribution in [2.75, 3.05) is 13.1 Å². The van der Waals surface area contributed by atoms with E-state index in [1.54, 1.807) is 6.07 Å². The Bertz CT molecular complexity index is 996. The van der Waals surface area contributed by atoms with Crippen molar-refractivity contribution in [3.63, 3.8) is 0 Å². The second-order valence-corrected chi connectivity index (χ2v) is 6.23. The number of nitrogens with one attached hydrogen (secondary N) is 1. The zero-order valence-corrected chi connectivity index (χ0v) is 13.8. The van der Waals surface area contributed by atoms with Crippen LogP contribution in [0.3, 0.4) is 0 Å². The van der Waals surface area contributed by atoms with Gasteiger partial charge in [0.15, 0.2) is 0 Å². The fourth-order valence-corrected chi connectivity index (χ4v) is 3.18. The van der Waals surface area contributed by atoms with Crippen molar-refractivity contribution in [1.29, 1.82) is 0 Å². The molecule has 0 unspecified atom stereocenters. The summed E-state index contributed by atoms with van der Waals surface area (Å²) in [6.45, 7) is -0.0842. The lowest BCUT2D eigenvalue weighted by atomic mass is 9.89. The van der Waals surface area contributed by atoms with Gasteiger partial charge in [-0.1, -0.05) is 12.1 Å². The van der Waals surface area contributed by atoms with Crippen molar-refractivity contribution in [1.82, 2.24) is 14.5 Å². The number of rotatable bonds is 3. The number of benzene rings is 1. The summed E-state index contributed by atoms with van der Waals surface area (Å²) in [6.07, 6.45) is 1.12.